The van der Waals surface area contributed by atoms with Crippen LogP contribution in [0.5, 0.6) is 0 Å². The molecule has 6 amide bonds. The Hall–Kier alpha value is -3.72. The Bertz CT molecular complexity index is 1400. The zero-order chi connectivity index (χ0) is 39.1. The fraction of sp³-hybridized carbons (Fsp3) is 0.694. The maximum atomic E-state index is 13.7. The number of aliphatic hydroxyl groups excluding tert-OH is 1. The highest BCUT2D eigenvalue weighted by molar-refractivity contribution is 7.90. The van der Waals surface area contributed by atoms with Crippen molar-refractivity contribution >= 4 is 39.5 Å². The average Bonchev–Trinajstić information content (AvgIpc) is 3.01. The van der Waals surface area contributed by atoms with Gasteiger partial charge in [0.1, 0.15) is 28.0 Å². The molecule has 0 aliphatic carbocycles. The lowest BCUT2D eigenvalue weighted by Gasteiger charge is -2.31. The molecule has 4 unspecified atom stereocenters. The van der Waals surface area contributed by atoms with Crippen molar-refractivity contribution in [3.63, 3.8) is 0 Å². The van der Waals surface area contributed by atoms with E-state index < -0.39 is 81.1 Å². The molecule has 0 saturated heterocycles. The van der Waals surface area contributed by atoms with Crippen molar-refractivity contribution in [3.8, 4) is 0 Å². The summed E-state index contributed by atoms with van der Waals surface area (Å²) in [5.74, 6) is -3.66. The van der Waals surface area contributed by atoms with E-state index in [-0.39, 0.29) is 30.6 Å². The predicted octanol–water partition coefficient (Wildman–Crippen LogP) is 2.16. The van der Waals surface area contributed by atoms with Crippen molar-refractivity contribution in [2.45, 2.75) is 130 Å². The van der Waals surface area contributed by atoms with Crippen molar-refractivity contribution in [3.05, 3.63) is 35.9 Å². The highest BCUT2D eigenvalue weighted by Crippen LogP contribution is 2.17. The third kappa shape index (κ3) is 18.4. The smallest absolute Gasteiger partial charge is 0.315 e. The average molecular weight is 739 g/mol. The van der Waals surface area contributed by atoms with E-state index in [1.807, 2.05) is 44.2 Å². The molecular formula is C36H62N6O8S. The number of aliphatic hydroxyl groups is 1. The Labute approximate surface area is 304 Å². The van der Waals surface area contributed by atoms with Crippen molar-refractivity contribution in [2.24, 2.45) is 17.8 Å². The number of nitrogens with one attached hydrogen (secondary N) is 6. The van der Waals surface area contributed by atoms with Gasteiger partial charge in [-0.25, -0.2) is 13.2 Å². The maximum Gasteiger partial charge on any atom is 0.315 e. The second-order valence-electron chi connectivity index (χ2n) is 15.2. The Morgan fingerprint density at radius 3 is 1.88 bits per heavy atom. The first-order valence-electron chi connectivity index (χ1n) is 17.7. The number of benzene rings is 1. The summed E-state index contributed by atoms with van der Waals surface area (Å²) in [5, 5.41) is 27.6. The van der Waals surface area contributed by atoms with E-state index in [0.29, 0.717) is 19.4 Å². The number of sulfone groups is 1. The fourth-order valence-electron chi connectivity index (χ4n) is 5.23. The molecule has 0 fully saturated rings. The second kappa shape index (κ2) is 21.0. The number of urea groups is 1. The van der Waals surface area contributed by atoms with Gasteiger partial charge in [-0.2, -0.15) is 0 Å². The molecule has 1 aromatic carbocycles. The minimum atomic E-state index is -3.52. The molecule has 0 saturated carbocycles. The Kier molecular flexibility index (Phi) is 18.6. The van der Waals surface area contributed by atoms with Crippen LogP contribution in [-0.2, 0) is 35.6 Å². The molecule has 0 aliphatic heterocycles. The van der Waals surface area contributed by atoms with Crippen LogP contribution < -0.4 is 31.9 Å². The van der Waals surface area contributed by atoms with Gasteiger partial charge in [0.05, 0.1) is 17.9 Å². The molecule has 15 heteroatoms. The highest BCUT2D eigenvalue weighted by atomic mass is 32.2. The molecule has 0 aliphatic rings. The molecule has 0 spiro atoms. The van der Waals surface area contributed by atoms with Crippen LogP contribution >= 0.6 is 0 Å². The third-order valence-electron chi connectivity index (χ3n) is 8.05. The quantitative estimate of drug-likeness (QED) is 0.105. The topological polar surface area (TPSA) is 212 Å². The Morgan fingerprint density at radius 1 is 0.784 bits per heavy atom. The molecule has 51 heavy (non-hydrogen) atoms. The van der Waals surface area contributed by atoms with Gasteiger partial charge in [-0.15, -0.1) is 0 Å². The van der Waals surface area contributed by atoms with Crippen LogP contribution in [0.15, 0.2) is 30.3 Å². The van der Waals surface area contributed by atoms with Crippen molar-refractivity contribution in [1.82, 2.24) is 31.9 Å². The molecule has 14 nitrogen and oxygen atoms in total. The van der Waals surface area contributed by atoms with Gasteiger partial charge in [0.25, 0.3) is 0 Å². The Balaban J connectivity index is 3.06. The molecule has 290 valence electrons. The van der Waals surface area contributed by atoms with Gasteiger partial charge < -0.3 is 37.0 Å². The van der Waals surface area contributed by atoms with Crippen LogP contribution in [0.1, 0.15) is 93.6 Å². The van der Waals surface area contributed by atoms with Gasteiger partial charge in [0.15, 0.2) is 0 Å². The lowest BCUT2D eigenvalue weighted by atomic mass is 9.92. The van der Waals surface area contributed by atoms with Gasteiger partial charge in [-0.3, -0.25) is 19.2 Å². The van der Waals surface area contributed by atoms with Gasteiger partial charge >= 0.3 is 6.03 Å². The van der Waals surface area contributed by atoms with Crippen LogP contribution in [0.25, 0.3) is 0 Å². The van der Waals surface area contributed by atoms with Crippen LogP contribution in [0, 0.1) is 17.8 Å². The summed E-state index contributed by atoms with van der Waals surface area (Å²) in [7, 11) is -3.52. The zero-order valence-corrected chi connectivity index (χ0v) is 32.8. The van der Waals surface area contributed by atoms with Crippen LogP contribution in [0.3, 0.4) is 0 Å². The van der Waals surface area contributed by atoms with E-state index in [9.17, 15) is 37.5 Å². The number of rotatable bonds is 20. The number of hydrogen-bond donors (Lipinski definition) is 7. The molecular weight excluding hydrogens is 676 g/mol. The molecule has 0 radical (unpaired) electrons. The molecule has 0 heterocycles. The first-order valence-corrected chi connectivity index (χ1v) is 19.8. The molecule has 0 bridgehead atoms. The largest absolute Gasteiger partial charge is 0.391 e. The second-order valence-corrected chi connectivity index (χ2v) is 17.4. The van der Waals surface area contributed by atoms with E-state index in [1.54, 1.807) is 48.5 Å². The number of amides is 6. The summed E-state index contributed by atoms with van der Waals surface area (Å²) in [6, 6.07) is 4.82. The molecule has 0 aromatic heterocycles. The van der Waals surface area contributed by atoms with Crippen LogP contribution in [-0.4, -0.2) is 91.0 Å². The van der Waals surface area contributed by atoms with E-state index in [1.165, 1.54) is 0 Å². The summed E-state index contributed by atoms with van der Waals surface area (Å²) in [6.45, 7) is 16.3. The van der Waals surface area contributed by atoms with Crippen molar-refractivity contribution < 1.29 is 37.5 Å². The van der Waals surface area contributed by atoms with Gasteiger partial charge in [0.2, 0.25) is 23.6 Å². The third-order valence-corrected chi connectivity index (χ3v) is 9.02. The normalized spacial score (nSPS) is 15.5. The van der Waals surface area contributed by atoms with Crippen molar-refractivity contribution in [2.75, 3.05) is 12.0 Å². The highest BCUT2D eigenvalue weighted by Gasteiger charge is 2.33. The SMILES string of the molecule is CCC(NC(=O)C(C)CC(O)[C@H](CC(C)C)NC(=O)C(CCS(C)(=O)=O)NC(=O)[C@@H](NC(=O)NC(C)(C)C)C(C)C)C(=O)NCc1ccccc1. The van der Waals surface area contributed by atoms with E-state index in [2.05, 4.69) is 31.9 Å². The lowest BCUT2D eigenvalue weighted by Crippen LogP contribution is -2.59. The minimum absolute atomic E-state index is 0.00627. The monoisotopic (exact) mass is 738 g/mol. The first kappa shape index (κ1) is 45.3. The van der Waals surface area contributed by atoms with E-state index in [0.717, 1.165) is 11.8 Å². The van der Waals surface area contributed by atoms with Crippen LogP contribution in [0.2, 0.25) is 0 Å². The summed E-state index contributed by atoms with van der Waals surface area (Å²) < 4.78 is 24.1. The van der Waals surface area contributed by atoms with Crippen molar-refractivity contribution in [1.29, 1.82) is 0 Å². The lowest BCUT2D eigenvalue weighted by molar-refractivity contribution is -0.132. The van der Waals surface area contributed by atoms with Crippen LogP contribution in [0.4, 0.5) is 4.79 Å². The minimum Gasteiger partial charge on any atom is -0.391 e. The molecule has 6 atom stereocenters. The summed E-state index contributed by atoms with van der Waals surface area (Å²) in [4.78, 5) is 65.6. The summed E-state index contributed by atoms with van der Waals surface area (Å²) in [6.07, 6.45) is 0.200. The summed E-state index contributed by atoms with van der Waals surface area (Å²) >= 11 is 0. The van der Waals surface area contributed by atoms with Gasteiger partial charge in [-0.1, -0.05) is 71.9 Å². The number of carbonyl (C=O) groups excluding carboxylic acids is 5. The first-order chi connectivity index (χ1) is 23.5. The van der Waals surface area contributed by atoms with Gasteiger partial charge in [-0.05, 0) is 63.9 Å². The predicted molar refractivity (Wildman–Crippen MR) is 198 cm³/mol. The molecule has 1 aromatic rings. The van der Waals surface area contributed by atoms with Gasteiger partial charge in [0, 0.05) is 24.3 Å². The summed E-state index contributed by atoms with van der Waals surface area (Å²) in [5.41, 5.74) is 0.346. The van der Waals surface area contributed by atoms with E-state index in [4.69, 9.17) is 0 Å². The number of carbonyl (C=O) groups is 5. The van der Waals surface area contributed by atoms with E-state index >= 15 is 0 Å². The number of hydrogen-bond acceptors (Lipinski definition) is 8. The maximum absolute atomic E-state index is 13.7. The zero-order valence-electron chi connectivity index (χ0n) is 32.0. The standard InChI is InChI=1S/C36H62N6O8S/c1-11-26(32(45)37-21-25-15-13-12-14-16-25)38-31(44)24(6)20-29(43)28(19-22(2)3)40-33(46)27(17-18-51(10,49)50)39-34(47)30(23(4)5)41-35(48)42-36(7,8)9/h12-16,22-24,26-30,43H,11,17-21H2,1-10H3,(H,37,45)(H,38,44)(H,39,47)(H,40,46)(H2,41,42,48)/t24?,26?,27?,28-,29?,30-/m0/s1. The molecule has 1 rings (SSSR count). The fourth-order valence-corrected chi connectivity index (χ4v) is 5.89. The Morgan fingerprint density at radius 2 is 1.37 bits per heavy atom. The molecule has 7 N–H and O–H groups in total.